The first-order valence-corrected chi connectivity index (χ1v) is 6.77. The van der Waals surface area contributed by atoms with Gasteiger partial charge >= 0.3 is 5.97 Å². The molecule has 0 radical (unpaired) electrons. The number of aryl methyl sites for hydroxylation is 1. The summed E-state index contributed by atoms with van der Waals surface area (Å²) in [6.45, 7) is 1.73. The third-order valence-corrected chi connectivity index (χ3v) is 3.25. The van der Waals surface area contributed by atoms with Crippen molar-refractivity contribution in [2.24, 2.45) is 0 Å². The van der Waals surface area contributed by atoms with Gasteiger partial charge in [0.1, 0.15) is 0 Å². The number of hydrogen-bond acceptors (Lipinski definition) is 3. The molecule has 0 amide bonds. The van der Waals surface area contributed by atoms with Crippen molar-refractivity contribution in [1.82, 2.24) is 9.55 Å². The van der Waals surface area contributed by atoms with Gasteiger partial charge in [-0.25, -0.2) is 9.78 Å². The highest BCUT2D eigenvalue weighted by atomic mass is 35.5. The monoisotopic (exact) mass is 293 g/mol. The quantitative estimate of drug-likeness (QED) is 0.770. The highest BCUT2D eigenvalue weighted by molar-refractivity contribution is 6.33. The van der Waals surface area contributed by atoms with Crippen LogP contribution in [0.4, 0.5) is 5.69 Å². The Hall–Kier alpha value is -2.01. The van der Waals surface area contributed by atoms with Gasteiger partial charge in [0.2, 0.25) is 0 Å². The van der Waals surface area contributed by atoms with Crippen LogP contribution < -0.4 is 5.32 Å². The Kier molecular flexibility index (Phi) is 5.01. The van der Waals surface area contributed by atoms with E-state index in [1.807, 2.05) is 10.8 Å². The lowest BCUT2D eigenvalue weighted by Crippen LogP contribution is -2.05. The van der Waals surface area contributed by atoms with Gasteiger partial charge in [0.25, 0.3) is 0 Å². The maximum atomic E-state index is 10.8. The molecule has 0 atom stereocenters. The molecule has 0 bridgehead atoms. The molecule has 1 aromatic carbocycles. The number of unbranched alkanes of at least 4 members (excludes halogenated alkanes) is 1. The van der Waals surface area contributed by atoms with Crippen LogP contribution in [-0.2, 0) is 6.54 Å². The normalized spacial score (nSPS) is 10.4. The minimum absolute atomic E-state index is 0.195. The van der Waals surface area contributed by atoms with E-state index in [9.17, 15) is 4.79 Å². The molecule has 0 aliphatic carbocycles. The summed E-state index contributed by atoms with van der Waals surface area (Å²) < 4.78 is 2.04. The van der Waals surface area contributed by atoms with E-state index in [2.05, 4.69) is 10.3 Å². The molecule has 0 spiro atoms. The lowest BCUT2D eigenvalue weighted by atomic mass is 10.2. The van der Waals surface area contributed by atoms with Crippen molar-refractivity contribution in [2.45, 2.75) is 19.4 Å². The Bertz CT molecular complexity index is 570. The molecule has 0 aliphatic rings. The SMILES string of the molecule is O=C(O)c1ccc(NCCCCn2ccnc2)c(Cl)c1. The molecule has 2 aromatic rings. The average molecular weight is 294 g/mol. The summed E-state index contributed by atoms with van der Waals surface area (Å²) >= 11 is 6.03. The molecule has 5 nitrogen and oxygen atoms in total. The van der Waals surface area contributed by atoms with Crippen molar-refractivity contribution < 1.29 is 9.90 Å². The molecule has 0 aliphatic heterocycles. The Morgan fingerprint density at radius 3 is 2.90 bits per heavy atom. The number of imidazole rings is 1. The number of carboxylic acids is 1. The summed E-state index contributed by atoms with van der Waals surface area (Å²) in [4.78, 5) is 14.8. The molecule has 0 fully saturated rings. The summed E-state index contributed by atoms with van der Waals surface area (Å²) in [5.41, 5.74) is 0.958. The molecule has 1 heterocycles. The number of carbonyl (C=O) groups is 1. The van der Waals surface area contributed by atoms with Crippen LogP contribution in [0.1, 0.15) is 23.2 Å². The zero-order chi connectivity index (χ0) is 14.4. The van der Waals surface area contributed by atoms with Crippen LogP contribution in [0.3, 0.4) is 0 Å². The largest absolute Gasteiger partial charge is 0.478 e. The summed E-state index contributed by atoms with van der Waals surface area (Å²) in [6, 6.07) is 4.70. The topological polar surface area (TPSA) is 67.2 Å². The zero-order valence-corrected chi connectivity index (χ0v) is 11.7. The maximum Gasteiger partial charge on any atom is 0.335 e. The first-order chi connectivity index (χ1) is 9.66. The van der Waals surface area contributed by atoms with E-state index in [1.54, 1.807) is 24.7 Å². The fraction of sp³-hybridized carbons (Fsp3) is 0.286. The van der Waals surface area contributed by atoms with Crippen LogP contribution in [0.2, 0.25) is 5.02 Å². The molecule has 0 saturated heterocycles. The van der Waals surface area contributed by atoms with E-state index in [4.69, 9.17) is 16.7 Å². The van der Waals surface area contributed by atoms with Crippen LogP contribution >= 0.6 is 11.6 Å². The van der Waals surface area contributed by atoms with E-state index in [0.717, 1.165) is 31.6 Å². The van der Waals surface area contributed by atoms with Crippen molar-refractivity contribution in [3.8, 4) is 0 Å². The van der Waals surface area contributed by atoms with Gasteiger partial charge in [-0.1, -0.05) is 11.6 Å². The molecule has 106 valence electrons. The second-order valence-corrected chi connectivity index (χ2v) is 4.84. The Balaban J connectivity index is 1.75. The first-order valence-electron chi connectivity index (χ1n) is 6.39. The van der Waals surface area contributed by atoms with E-state index >= 15 is 0 Å². The van der Waals surface area contributed by atoms with Crippen molar-refractivity contribution in [1.29, 1.82) is 0 Å². The molecular formula is C14H16ClN3O2. The molecule has 6 heteroatoms. The standard InChI is InChI=1S/C14H16ClN3O2/c15-12-9-11(14(19)20)3-4-13(12)17-5-1-2-7-18-8-6-16-10-18/h3-4,6,8-10,17H,1-2,5,7H2,(H,19,20). The number of nitrogens with one attached hydrogen (secondary N) is 1. The summed E-state index contributed by atoms with van der Waals surface area (Å²) in [5.74, 6) is -0.973. The third-order valence-electron chi connectivity index (χ3n) is 2.93. The van der Waals surface area contributed by atoms with Gasteiger partial charge in [-0.2, -0.15) is 0 Å². The fourth-order valence-corrected chi connectivity index (χ4v) is 2.10. The molecule has 0 saturated carbocycles. The lowest BCUT2D eigenvalue weighted by molar-refractivity contribution is 0.0697. The predicted octanol–water partition coefficient (Wildman–Crippen LogP) is 3.13. The highest BCUT2D eigenvalue weighted by Crippen LogP contribution is 2.23. The van der Waals surface area contributed by atoms with Gasteiger partial charge in [0.15, 0.2) is 0 Å². The minimum atomic E-state index is -0.973. The summed E-state index contributed by atoms with van der Waals surface area (Å²) in [6.07, 6.45) is 7.54. The van der Waals surface area contributed by atoms with Gasteiger partial charge in [-0.3, -0.25) is 0 Å². The first kappa shape index (κ1) is 14.4. The predicted molar refractivity (Wildman–Crippen MR) is 78.4 cm³/mol. The number of halogens is 1. The second-order valence-electron chi connectivity index (χ2n) is 4.43. The fourth-order valence-electron chi connectivity index (χ4n) is 1.85. The van der Waals surface area contributed by atoms with Gasteiger partial charge in [-0.05, 0) is 31.0 Å². The van der Waals surface area contributed by atoms with Crippen molar-refractivity contribution in [3.63, 3.8) is 0 Å². The van der Waals surface area contributed by atoms with E-state index in [1.165, 1.54) is 6.07 Å². The number of aromatic nitrogens is 2. The molecule has 2 rings (SSSR count). The summed E-state index contributed by atoms with van der Waals surface area (Å²) in [5, 5.41) is 12.5. The number of nitrogens with zero attached hydrogens (tertiary/aromatic N) is 2. The van der Waals surface area contributed by atoms with Gasteiger partial charge in [0, 0.05) is 25.5 Å². The van der Waals surface area contributed by atoms with Crippen molar-refractivity contribution in [2.75, 3.05) is 11.9 Å². The van der Waals surface area contributed by atoms with Crippen LogP contribution in [0.5, 0.6) is 0 Å². The zero-order valence-electron chi connectivity index (χ0n) is 10.9. The average Bonchev–Trinajstić information content (AvgIpc) is 2.93. The molecule has 1 aromatic heterocycles. The number of carboxylic acid groups (broad SMARTS) is 1. The number of hydrogen-bond donors (Lipinski definition) is 2. The molecular weight excluding hydrogens is 278 g/mol. The number of anilines is 1. The van der Waals surface area contributed by atoms with Crippen molar-refractivity contribution in [3.05, 3.63) is 47.5 Å². The van der Waals surface area contributed by atoms with Crippen LogP contribution in [0.15, 0.2) is 36.9 Å². The number of rotatable bonds is 7. The van der Waals surface area contributed by atoms with Gasteiger partial charge in [0.05, 0.1) is 22.6 Å². The minimum Gasteiger partial charge on any atom is -0.478 e. The smallest absolute Gasteiger partial charge is 0.335 e. The Labute approximate surface area is 122 Å². The third kappa shape index (κ3) is 3.99. The van der Waals surface area contributed by atoms with Gasteiger partial charge in [-0.15, -0.1) is 0 Å². The molecule has 0 unspecified atom stereocenters. The van der Waals surface area contributed by atoms with Crippen molar-refractivity contribution >= 4 is 23.3 Å². The van der Waals surface area contributed by atoms with E-state index < -0.39 is 5.97 Å². The molecule has 2 N–H and O–H groups in total. The highest BCUT2D eigenvalue weighted by Gasteiger charge is 2.06. The Morgan fingerprint density at radius 2 is 2.25 bits per heavy atom. The van der Waals surface area contributed by atoms with Crippen LogP contribution in [0, 0.1) is 0 Å². The van der Waals surface area contributed by atoms with E-state index in [-0.39, 0.29) is 5.56 Å². The summed E-state index contributed by atoms with van der Waals surface area (Å²) in [7, 11) is 0. The maximum absolute atomic E-state index is 10.8. The lowest BCUT2D eigenvalue weighted by Gasteiger charge is -2.09. The van der Waals surface area contributed by atoms with E-state index in [0.29, 0.717) is 5.02 Å². The van der Waals surface area contributed by atoms with Gasteiger partial charge < -0.3 is 15.0 Å². The van der Waals surface area contributed by atoms with Crippen LogP contribution in [0.25, 0.3) is 0 Å². The second kappa shape index (κ2) is 6.96. The Morgan fingerprint density at radius 1 is 1.40 bits per heavy atom. The number of benzene rings is 1. The van der Waals surface area contributed by atoms with Crippen LogP contribution in [-0.4, -0.2) is 27.2 Å². The molecule has 20 heavy (non-hydrogen) atoms. The number of aromatic carboxylic acids is 1.